The summed E-state index contributed by atoms with van der Waals surface area (Å²) in [6.45, 7) is 1.43. The van der Waals surface area contributed by atoms with Gasteiger partial charge >= 0.3 is 0 Å². The lowest BCUT2D eigenvalue weighted by Crippen LogP contribution is -2.36. The van der Waals surface area contributed by atoms with Gasteiger partial charge in [0.25, 0.3) is 0 Å². The van der Waals surface area contributed by atoms with Crippen molar-refractivity contribution in [3.05, 3.63) is 35.6 Å². The van der Waals surface area contributed by atoms with E-state index in [4.69, 9.17) is 0 Å². The van der Waals surface area contributed by atoms with E-state index in [0.29, 0.717) is 29.7 Å². The zero-order valence-corrected chi connectivity index (χ0v) is 10.8. The molecule has 1 saturated carbocycles. The predicted molar refractivity (Wildman–Crippen MR) is 69.2 cm³/mol. The van der Waals surface area contributed by atoms with Gasteiger partial charge in [-0.25, -0.2) is 0 Å². The molecule has 4 aliphatic rings. The molecule has 19 heavy (non-hydrogen) atoms. The molecule has 2 bridgehead atoms. The Morgan fingerprint density at radius 1 is 1.32 bits per heavy atom. The highest BCUT2D eigenvalue weighted by molar-refractivity contribution is 6.11. The summed E-state index contributed by atoms with van der Waals surface area (Å²) >= 11 is 0. The van der Waals surface area contributed by atoms with Gasteiger partial charge in [-0.2, -0.15) is 0 Å². The maximum absolute atomic E-state index is 12.5. The lowest BCUT2D eigenvalue weighted by atomic mass is 9.67. The first-order chi connectivity index (χ1) is 9.04. The van der Waals surface area contributed by atoms with Gasteiger partial charge in [-0.3, -0.25) is 9.59 Å². The number of carbonyl (C=O) groups is 2. The third-order valence-electron chi connectivity index (χ3n) is 5.55. The fourth-order valence-corrected chi connectivity index (χ4v) is 4.75. The highest BCUT2D eigenvalue weighted by atomic mass is 16.3. The fraction of sp³-hybridized carbons (Fsp3) is 0.500. The first-order valence-electron chi connectivity index (χ1n) is 6.90. The van der Waals surface area contributed by atoms with E-state index >= 15 is 0 Å². The number of carbonyl (C=O) groups excluding carboxylic acids is 2. The van der Waals surface area contributed by atoms with Crippen LogP contribution in [-0.2, 0) is 9.59 Å². The molecule has 1 fully saturated rings. The molecule has 1 spiro atoms. The van der Waals surface area contributed by atoms with Crippen molar-refractivity contribution in [3.63, 3.8) is 0 Å². The Labute approximate surface area is 111 Å². The van der Waals surface area contributed by atoms with E-state index in [-0.39, 0.29) is 23.2 Å². The smallest absolute Gasteiger partial charge is 0.208 e. The second-order valence-electron chi connectivity index (χ2n) is 6.34. The number of aliphatic hydroxyl groups excluding tert-OH is 1. The summed E-state index contributed by atoms with van der Waals surface area (Å²) in [5.41, 5.74) is -0.318. The number of rotatable bonds is 1. The van der Waals surface area contributed by atoms with Crippen LogP contribution in [0.5, 0.6) is 0 Å². The second-order valence-corrected chi connectivity index (χ2v) is 6.34. The van der Waals surface area contributed by atoms with E-state index in [2.05, 4.69) is 18.2 Å². The molecule has 0 heterocycles. The average molecular weight is 256 g/mol. The largest absolute Gasteiger partial charge is 0.504 e. The number of hydrogen-bond donors (Lipinski definition) is 1. The maximum Gasteiger partial charge on any atom is 0.208 e. The molecule has 3 nitrogen and oxygen atoms in total. The van der Waals surface area contributed by atoms with Gasteiger partial charge in [0, 0.05) is 5.57 Å². The van der Waals surface area contributed by atoms with Crippen LogP contribution in [0.25, 0.3) is 0 Å². The van der Waals surface area contributed by atoms with E-state index in [1.54, 1.807) is 0 Å². The van der Waals surface area contributed by atoms with Crippen molar-refractivity contribution in [2.45, 2.75) is 19.8 Å². The van der Waals surface area contributed by atoms with Gasteiger partial charge in [0.05, 0.1) is 5.41 Å². The summed E-state index contributed by atoms with van der Waals surface area (Å²) in [6.07, 6.45) is 10.1. The van der Waals surface area contributed by atoms with Crippen molar-refractivity contribution < 1.29 is 14.7 Å². The van der Waals surface area contributed by atoms with Gasteiger partial charge in [-0.1, -0.05) is 24.3 Å². The zero-order valence-electron chi connectivity index (χ0n) is 10.8. The van der Waals surface area contributed by atoms with Crippen LogP contribution in [0.4, 0.5) is 0 Å². The monoisotopic (exact) mass is 256 g/mol. The van der Waals surface area contributed by atoms with E-state index in [1.807, 2.05) is 6.08 Å². The number of hydrogen-bond acceptors (Lipinski definition) is 3. The van der Waals surface area contributed by atoms with Crippen LogP contribution < -0.4 is 0 Å². The average Bonchev–Trinajstić information content (AvgIpc) is 3.09. The molecule has 0 aliphatic heterocycles. The van der Waals surface area contributed by atoms with Crippen molar-refractivity contribution in [2.75, 3.05) is 0 Å². The second kappa shape index (κ2) is 3.27. The van der Waals surface area contributed by atoms with Crippen LogP contribution in [0.3, 0.4) is 0 Å². The predicted octanol–water partition coefficient (Wildman–Crippen LogP) is 2.35. The van der Waals surface area contributed by atoms with Gasteiger partial charge in [-0.05, 0) is 43.4 Å². The molecule has 0 aromatic rings. The number of Topliss-reactive ketones (excluding diaryl/α,β-unsaturated/α-hetero) is 2. The van der Waals surface area contributed by atoms with Gasteiger partial charge in [-0.15, -0.1) is 0 Å². The SMILES string of the molecule is CC(=O)C1=C(O)C(=O)C2(C=C[C@H]3[C@@H]2[C@H]2C=C[C@@H]3C2)C1. The molecular weight excluding hydrogens is 240 g/mol. The molecule has 1 unspecified atom stereocenters. The van der Waals surface area contributed by atoms with Crippen molar-refractivity contribution >= 4 is 11.6 Å². The van der Waals surface area contributed by atoms with Gasteiger partial charge in [0.2, 0.25) is 5.78 Å². The molecule has 0 aromatic heterocycles. The first kappa shape index (κ1) is 11.2. The Balaban J connectivity index is 1.78. The van der Waals surface area contributed by atoms with Crippen molar-refractivity contribution in [1.29, 1.82) is 0 Å². The normalized spacial score (nSPS) is 45.8. The minimum atomic E-state index is -0.639. The minimum Gasteiger partial charge on any atom is -0.504 e. The van der Waals surface area contributed by atoms with Gasteiger partial charge in [0.15, 0.2) is 11.5 Å². The van der Waals surface area contributed by atoms with Crippen molar-refractivity contribution in [3.8, 4) is 0 Å². The van der Waals surface area contributed by atoms with E-state index < -0.39 is 5.41 Å². The molecule has 0 radical (unpaired) electrons. The lowest BCUT2D eigenvalue weighted by molar-refractivity contribution is -0.126. The zero-order chi connectivity index (χ0) is 13.4. The maximum atomic E-state index is 12.5. The Bertz CT molecular complexity index is 595. The molecule has 4 rings (SSSR count). The minimum absolute atomic E-state index is 0.182. The highest BCUT2D eigenvalue weighted by Gasteiger charge is 2.62. The summed E-state index contributed by atoms with van der Waals surface area (Å²) in [4.78, 5) is 24.1. The molecule has 1 N–H and O–H groups in total. The summed E-state index contributed by atoms with van der Waals surface area (Å²) in [6, 6.07) is 0. The third-order valence-corrected chi connectivity index (χ3v) is 5.55. The molecule has 0 amide bonds. The van der Waals surface area contributed by atoms with Crippen LogP contribution in [0.1, 0.15) is 19.8 Å². The Morgan fingerprint density at radius 2 is 2.05 bits per heavy atom. The molecule has 3 heteroatoms. The van der Waals surface area contributed by atoms with Gasteiger partial charge < -0.3 is 5.11 Å². The molecule has 5 atom stereocenters. The Morgan fingerprint density at radius 3 is 2.74 bits per heavy atom. The Hall–Kier alpha value is -1.64. The van der Waals surface area contributed by atoms with Crippen molar-refractivity contribution in [2.24, 2.45) is 29.1 Å². The van der Waals surface area contributed by atoms with Gasteiger partial charge in [0.1, 0.15) is 0 Å². The number of fused-ring (bicyclic) bond motifs is 6. The molecule has 0 saturated heterocycles. The van der Waals surface area contributed by atoms with E-state index in [9.17, 15) is 14.7 Å². The van der Waals surface area contributed by atoms with E-state index in [1.165, 1.54) is 6.92 Å². The summed E-state index contributed by atoms with van der Waals surface area (Å²) in [5, 5.41) is 10.0. The lowest BCUT2D eigenvalue weighted by Gasteiger charge is -2.33. The highest BCUT2D eigenvalue weighted by Crippen LogP contribution is 2.63. The van der Waals surface area contributed by atoms with Crippen LogP contribution in [0.15, 0.2) is 35.6 Å². The fourth-order valence-electron chi connectivity index (χ4n) is 4.75. The number of ketones is 2. The summed E-state index contributed by atoms with van der Waals surface area (Å²) in [5.74, 6) is 0.923. The molecule has 98 valence electrons. The van der Waals surface area contributed by atoms with Crippen LogP contribution in [-0.4, -0.2) is 16.7 Å². The number of aliphatic hydroxyl groups is 1. The summed E-state index contributed by atoms with van der Waals surface area (Å²) < 4.78 is 0. The quantitative estimate of drug-likeness (QED) is 0.733. The molecular formula is C16H16O3. The van der Waals surface area contributed by atoms with Crippen LogP contribution >= 0.6 is 0 Å². The van der Waals surface area contributed by atoms with Crippen LogP contribution in [0, 0.1) is 29.1 Å². The third kappa shape index (κ3) is 1.14. The van der Waals surface area contributed by atoms with Crippen LogP contribution in [0.2, 0.25) is 0 Å². The molecule has 4 aliphatic carbocycles. The summed E-state index contributed by atoms with van der Waals surface area (Å²) in [7, 11) is 0. The van der Waals surface area contributed by atoms with E-state index in [0.717, 1.165) is 6.42 Å². The topological polar surface area (TPSA) is 54.4 Å². The standard InChI is InChI=1S/C16H16O3/c1-8(17)12-7-16(15(19)14(12)18)5-4-11-9-2-3-10(6-9)13(11)16/h2-5,9-11,13,18H,6-7H2,1H3/t9-,10+,11-,13+,16?/m1/s1. The molecule has 0 aromatic carbocycles. The number of allylic oxidation sites excluding steroid dienone is 6. The van der Waals surface area contributed by atoms with Crippen molar-refractivity contribution in [1.82, 2.24) is 0 Å². The Kier molecular flexibility index (Phi) is 1.93. The first-order valence-corrected chi connectivity index (χ1v) is 6.90.